The Bertz CT molecular complexity index is 622. The molecule has 1 heterocycles. The van der Waals surface area contributed by atoms with Crippen molar-refractivity contribution in [1.29, 1.82) is 0 Å². The molecule has 0 bridgehead atoms. The van der Waals surface area contributed by atoms with Gasteiger partial charge in [0.1, 0.15) is 5.82 Å². The summed E-state index contributed by atoms with van der Waals surface area (Å²) in [6.45, 7) is 3.51. The lowest BCUT2D eigenvalue weighted by Gasteiger charge is -2.20. The summed E-state index contributed by atoms with van der Waals surface area (Å²) in [5.74, 6) is -0.173. The molecule has 1 aliphatic carbocycles. The summed E-state index contributed by atoms with van der Waals surface area (Å²) in [5.41, 5.74) is 4.83. The number of benzene rings is 1. The molecule has 0 unspecified atom stereocenters. The van der Waals surface area contributed by atoms with E-state index in [4.69, 9.17) is 0 Å². The highest BCUT2D eigenvalue weighted by atomic mass is 32.1. The molecule has 21 heavy (non-hydrogen) atoms. The van der Waals surface area contributed by atoms with Crippen LogP contribution in [0.25, 0.3) is 0 Å². The summed E-state index contributed by atoms with van der Waals surface area (Å²) in [4.78, 5) is 7.56. The second kappa shape index (κ2) is 6.12. The Hall–Kier alpha value is -1.46. The molecule has 2 aromatic rings. The zero-order valence-corrected chi connectivity index (χ0v) is 13.2. The summed E-state index contributed by atoms with van der Waals surface area (Å²) in [6, 6.07) is 5.91. The molecule has 1 aromatic heterocycles. The number of anilines is 1. The summed E-state index contributed by atoms with van der Waals surface area (Å²) in [5, 5.41) is 3.43. The number of thiazole rings is 1. The minimum Gasteiger partial charge on any atom is -0.369 e. The van der Waals surface area contributed by atoms with Crippen molar-refractivity contribution in [1.82, 2.24) is 10.3 Å². The van der Waals surface area contributed by atoms with Crippen molar-refractivity contribution < 1.29 is 4.39 Å². The van der Waals surface area contributed by atoms with E-state index in [2.05, 4.69) is 21.3 Å². The first-order valence-electron chi connectivity index (χ1n) is 7.25. The Morgan fingerprint density at radius 3 is 2.86 bits per heavy atom. The first-order valence-corrected chi connectivity index (χ1v) is 8.13. The van der Waals surface area contributed by atoms with Crippen LogP contribution in [0.3, 0.4) is 0 Å². The highest BCUT2D eigenvalue weighted by Gasteiger charge is 2.20. The van der Waals surface area contributed by atoms with Gasteiger partial charge in [-0.15, -0.1) is 11.3 Å². The van der Waals surface area contributed by atoms with Gasteiger partial charge < -0.3 is 10.2 Å². The molecule has 5 heteroatoms. The molecule has 1 fully saturated rings. The number of nitrogens with one attached hydrogen (secondary N) is 1. The Labute approximate surface area is 128 Å². The van der Waals surface area contributed by atoms with Gasteiger partial charge in [0, 0.05) is 30.2 Å². The van der Waals surface area contributed by atoms with E-state index < -0.39 is 0 Å². The lowest BCUT2D eigenvalue weighted by molar-refractivity contribution is 0.619. The molecule has 0 aliphatic heterocycles. The Morgan fingerprint density at radius 2 is 2.19 bits per heavy atom. The summed E-state index contributed by atoms with van der Waals surface area (Å²) in [7, 11) is 1.99. The molecule has 0 spiro atoms. The van der Waals surface area contributed by atoms with Gasteiger partial charge in [-0.1, -0.05) is 0 Å². The van der Waals surface area contributed by atoms with Gasteiger partial charge in [-0.05, 0) is 43.5 Å². The van der Waals surface area contributed by atoms with E-state index in [1.165, 1.54) is 17.7 Å². The van der Waals surface area contributed by atoms with E-state index >= 15 is 0 Å². The van der Waals surface area contributed by atoms with Crippen LogP contribution in [0.15, 0.2) is 23.7 Å². The minimum atomic E-state index is -0.173. The van der Waals surface area contributed by atoms with Crippen molar-refractivity contribution in [3.05, 3.63) is 45.7 Å². The number of rotatable bonds is 6. The van der Waals surface area contributed by atoms with Crippen molar-refractivity contribution in [2.75, 3.05) is 11.9 Å². The van der Waals surface area contributed by atoms with Crippen LogP contribution in [0.4, 0.5) is 10.1 Å². The molecule has 3 rings (SSSR count). The smallest absolute Gasteiger partial charge is 0.125 e. The lowest BCUT2D eigenvalue weighted by atomic mass is 10.1. The molecule has 0 amide bonds. The summed E-state index contributed by atoms with van der Waals surface area (Å²) < 4.78 is 13.8. The summed E-state index contributed by atoms with van der Waals surface area (Å²) in [6.07, 6.45) is 2.49. The maximum Gasteiger partial charge on any atom is 0.125 e. The molecule has 112 valence electrons. The van der Waals surface area contributed by atoms with E-state index in [0.29, 0.717) is 6.04 Å². The van der Waals surface area contributed by atoms with Crippen LogP contribution in [0.1, 0.15) is 29.0 Å². The van der Waals surface area contributed by atoms with E-state index in [0.717, 1.165) is 30.0 Å². The molecule has 0 atom stereocenters. The third-order valence-corrected chi connectivity index (χ3v) is 4.70. The second-order valence-corrected chi connectivity index (χ2v) is 6.63. The number of halogens is 1. The van der Waals surface area contributed by atoms with E-state index in [1.54, 1.807) is 23.5 Å². The predicted octanol–water partition coefficient (Wildman–Crippen LogP) is 3.48. The molecule has 1 aliphatic rings. The van der Waals surface area contributed by atoms with Gasteiger partial charge in [0.2, 0.25) is 0 Å². The number of aryl methyl sites for hydroxylation is 1. The van der Waals surface area contributed by atoms with Crippen molar-refractivity contribution in [3.63, 3.8) is 0 Å². The van der Waals surface area contributed by atoms with Gasteiger partial charge in [-0.2, -0.15) is 0 Å². The quantitative estimate of drug-likeness (QED) is 0.885. The van der Waals surface area contributed by atoms with Crippen LogP contribution >= 0.6 is 11.3 Å². The van der Waals surface area contributed by atoms with Gasteiger partial charge >= 0.3 is 0 Å². The van der Waals surface area contributed by atoms with Crippen molar-refractivity contribution in [2.45, 2.75) is 38.9 Å². The van der Waals surface area contributed by atoms with Crippen molar-refractivity contribution in [3.8, 4) is 0 Å². The summed E-state index contributed by atoms with van der Waals surface area (Å²) >= 11 is 1.64. The molecule has 0 radical (unpaired) electrons. The Morgan fingerprint density at radius 1 is 1.38 bits per heavy atom. The number of nitrogens with zero attached hydrogens (tertiary/aromatic N) is 2. The van der Waals surface area contributed by atoms with Crippen molar-refractivity contribution in [2.24, 2.45) is 0 Å². The van der Waals surface area contributed by atoms with Gasteiger partial charge in [-0.25, -0.2) is 9.37 Å². The second-order valence-electron chi connectivity index (χ2n) is 5.69. The number of hydrogen-bond donors (Lipinski definition) is 1. The maximum absolute atomic E-state index is 13.8. The highest BCUT2D eigenvalue weighted by Crippen LogP contribution is 2.23. The molecule has 1 saturated carbocycles. The van der Waals surface area contributed by atoms with E-state index in [-0.39, 0.29) is 5.82 Å². The molecule has 1 aromatic carbocycles. The fourth-order valence-electron chi connectivity index (χ4n) is 2.29. The van der Waals surface area contributed by atoms with E-state index in [9.17, 15) is 4.39 Å². The van der Waals surface area contributed by atoms with Gasteiger partial charge in [0.15, 0.2) is 0 Å². The Kier molecular flexibility index (Phi) is 4.22. The fraction of sp³-hybridized carbons (Fsp3) is 0.438. The molecular formula is C16H20FN3S. The molecule has 3 nitrogen and oxygen atoms in total. The minimum absolute atomic E-state index is 0.173. The standard InChI is InChI=1S/C16H20FN3S/c1-11-16(21-10-19-11)9-20(2)15-6-12(5-13(17)7-15)8-18-14-3-4-14/h5-7,10,14,18H,3-4,8-9H2,1-2H3. The topological polar surface area (TPSA) is 28.2 Å². The number of aromatic nitrogens is 1. The van der Waals surface area contributed by atoms with Gasteiger partial charge in [0.05, 0.1) is 17.7 Å². The zero-order chi connectivity index (χ0) is 14.8. The van der Waals surface area contributed by atoms with Gasteiger partial charge in [0.25, 0.3) is 0 Å². The third kappa shape index (κ3) is 3.80. The van der Waals surface area contributed by atoms with Crippen molar-refractivity contribution >= 4 is 17.0 Å². The fourth-order valence-corrected chi connectivity index (χ4v) is 3.12. The van der Waals surface area contributed by atoms with Crippen LogP contribution in [-0.4, -0.2) is 18.1 Å². The highest BCUT2D eigenvalue weighted by molar-refractivity contribution is 7.09. The first kappa shape index (κ1) is 14.5. The monoisotopic (exact) mass is 305 g/mol. The average molecular weight is 305 g/mol. The first-order chi connectivity index (χ1) is 10.1. The van der Waals surface area contributed by atoms with Gasteiger partial charge in [-0.3, -0.25) is 0 Å². The SMILES string of the molecule is Cc1ncsc1CN(C)c1cc(F)cc(CNC2CC2)c1. The van der Waals surface area contributed by atoms with Crippen LogP contribution < -0.4 is 10.2 Å². The largest absolute Gasteiger partial charge is 0.369 e. The Balaban J connectivity index is 1.71. The van der Waals surface area contributed by atoms with Crippen LogP contribution in [0.2, 0.25) is 0 Å². The average Bonchev–Trinajstić information content (AvgIpc) is 3.20. The predicted molar refractivity (Wildman–Crippen MR) is 85.2 cm³/mol. The molecule has 0 saturated heterocycles. The van der Waals surface area contributed by atoms with Crippen LogP contribution in [0.5, 0.6) is 0 Å². The lowest BCUT2D eigenvalue weighted by Crippen LogP contribution is -2.18. The zero-order valence-electron chi connectivity index (χ0n) is 12.4. The molecule has 1 N–H and O–H groups in total. The number of hydrogen-bond acceptors (Lipinski definition) is 4. The van der Waals surface area contributed by atoms with Crippen LogP contribution in [0, 0.1) is 12.7 Å². The third-order valence-electron chi connectivity index (χ3n) is 3.78. The maximum atomic E-state index is 13.8. The molecular weight excluding hydrogens is 285 g/mol. The van der Waals surface area contributed by atoms with Crippen LogP contribution in [-0.2, 0) is 13.1 Å². The van der Waals surface area contributed by atoms with E-state index in [1.807, 2.05) is 19.5 Å². The normalized spacial score (nSPS) is 14.4.